The molecule has 2 N–H and O–H groups in total. The largest absolute Gasteiger partial charge is 0.504 e. The van der Waals surface area contributed by atoms with Crippen molar-refractivity contribution in [1.29, 1.82) is 0 Å². The molecular formula is C10H9NO7. The van der Waals surface area contributed by atoms with Crippen molar-refractivity contribution in [3.05, 3.63) is 27.8 Å². The molecule has 1 aromatic carbocycles. The fourth-order valence-corrected chi connectivity index (χ4v) is 1.23. The van der Waals surface area contributed by atoms with Crippen LogP contribution in [0.3, 0.4) is 0 Å². The van der Waals surface area contributed by atoms with Gasteiger partial charge < -0.3 is 14.9 Å². The summed E-state index contributed by atoms with van der Waals surface area (Å²) in [5, 5.41) is 29.0. The first-order valence-electron chi connectivity index (χ1n) is 4.70. The van der Waals surface area contributed by atoms with Crippen molar-refractivity contribution in [3.63, 3.8) is 0 Å². The number of ketones is 1. The second-order valence-corrected chi connectivity index (χ2v) is 3.36. The predicted octanol–water partition coefficient (Wildman–Crippen LogP) is 0.966. The molecule has 0 aliphatic rings. The summed E-state index contributed by atoms with van der Waals surface area (Å²) >= 11 is 0. The molecule has 0 spiro atoms. The molecule has 0 unspecified atom stereocenters. The van der Waals surface area contributed by atoms with Gasteiger partial charge in [0, 0.05) is 0 Å². The smallest absolute Gasteiger partial charge is 0.342 e. The fourth-order valence-electron chi connectivity index (χ4n) is 1.23. The van der Waals surface area contributed by atoms with Crippen LogP contribution in [-0.2, 0) is 4.79 Å². The van der Waals surface area contributed by atoms with Gasteiger partial charge in [0.05, 0.1) is 4.92 Å². The number of hydrogen-bond donors (Lipinski definition) is 2. The number of rotatable bonds is 5. The summed E-state index contributed by atoms with van der Waals surface area (Å²) in [5.74, 6) is -3.19. The third-order valence-electron chi connectivity index (χ3n) is 1.94. The Labute approximate surface area is 101 Å². The Balaban J connectivity index is 3.36. The zero-order chi connectivity index (χ0) is 13.9. The monoisotopic (exact) mass is 255 g/mol. The lowest BCUT2D eigenvalue weighted by atomic mass is 10.1. The molecule has 0 saturated heterocycles. The Hall–Kier alpha value is -2.64. The molecule has 0 atom stereocenters. The number of carbonyl (C=O) groups is 2. The summed E-state index contributed by atoms with van der Waals surface area (Å²) in [6.45, 7) is 0.682. The summed E-state index contributed by atoms with van der Waals surface area (Å²) < 4.78 is 4.78. The van der Waals surface area contributed by atoms with Crippen LogP contribution in [-0.4, -0.2) is 33.5 Å². The van der Waals surface area contributed by atoms with Gasteiger partial charge in [-0.2, -0.15) is 0 Å². The molecule has 1 rings (SSSR count). The van der Waals surface area contributed by atoms with E-state index in [0.717, 1.165) is 12.1 Å². The number of ether oxygens (including phenoxy) is 1. The highest BCUT2D eigenvalue weighted by atomic mass is 16.6. The van der Waals surface area contributed by atoms with Gasteiger partial charge in [0.1, 0.15) is 12.2 Å². The highest BCUT2D eigenvalue weighted by molar-refractivity contribution is 5.94. The van der Waals surface area contributed by atoms with Crippen LogP contribution >= 0.6 is 0 Å². The van der Waals surface area contributed by atoms with E-state index in [0.29, 0.717) is 0 Å². The molecule has 0 fully saturated rings. The van der Waals surface area contributed by atoms with E-state index < -0.39 is 46.0 Å². The van der Waals surface area contributed by atoms with E-state index in [2.05, 4.69) is 0 Å². The van der Waals surface area contributed by atoms with Crippen molar-refractivity contribution in [1.82, 2.24) is 0 Å². The van der Waals surface area contributed by atoms with Gasteiger partial charge in [0.15, 0.2) is 11.5 Å². The second kappa shape index (κ2) is 5.13. The van der Waals surface area contributed by atoms with E-state index in [-0.39, 0.29) is 0 Å². The Morgan fingerprint density at radius 2 is 2.06 bits per heavy atom. The number of benzene rings is 1. The number of nitro benzene ring substituents is 1. The summed E-state index contributed by atoms with van der Waals surface area (Å²) in [4.78, 5) is 31.4. The lowest BCUT2D eigenvalue weighted by Gasteiger charge is -2.08. The molecule has 1 aromatic rings. The molecule has 0 aliphatic heterocycles. The lowest BCUT2D eigenvalue weighted by Crippen LogP contribution is -2.10. The second-order valence-electron chi connectivity index (χ2n) is 3.36. The average molecular weight is 255 g/mol. The number of carboxylic acids is 1. The van der Waals surface area contributed by atoms with Crippen LogP contribution in [0.25, 0.3) is 0 Å². The van der Waals surface area contributed by atoms with E-state index in [1.165, 1.54) is 6.92 Å². The van der Waals surface area contributed by atoms with Crippen molar-refractivity contribution >= 4 is 17.4 Å². The first-order chi connectivity index (χ1) is 8.34. The van der Waals surface area contributed by atoms with Crippen molar-refractivity contribution < 1.29 is 29.5 Å². The van der Waals surface area contributed by atoms with Crippen LogP contribution in [0.5, 0.6) is 11.5 Å². The van der Waals surface area contributed by atoms with E-state index in [4.69, 9.17) is 9.84 Å². The standard InChI is InChI=1S/C10H9NO7/c1-5(12)4-18-9-7(13)3-2-6(10(14)15)8(9)11(16)17/h2-3,13H,4H2,1H3,(H,14,15). The Kier molecular flexibility index (Phi) is 3.82. The number of carboxylic acid groups (broad SMARTS) is 1. The molecule has 0 aromatic heterocycles. The zero-order valence-electron chi connectivity index (χ0n) is 9.24. The van der Waals surface area contributed by atoms with Crippen LogP contribution in [0.1, 0.15) is 17.3 Å². The molecule has 8 heteroatoms. The molecule has 18 heavy (non-hydrogen) atoms. The number of carbonyl (C=O) groups excluding carboxylic acids is 1. The van der Waals surface area contributed by atoms with Crippen molar-refractivity contribution in [3.8, 4) is 11.5 Å². The summed E-state index contributed by atoms with van der Waals surface area (Å²) in [7, 11) is 0. The molecule has 0 bridgehead atoms. The van der Waals surface area contributed by atoms with E-state index in [1.54, 1.807) is 0 Å². The zero-order valence-corrected chi connectivity index (χ0v) is 9.24. The normalized spacial score (nSPS) is 9.83. The maximum atomic E-state index is 10.8. The van der Waals surface area contributed by atoms with E-state index in [1.807, 2.05) is 0 Å². The predicted molar refractivity (Wildman–Crippen MR) is 57.9 cm³/mol. The Morgan fingerprint density at radius 3 is 2.50 bits per heavy atom. The molecule has 0 radical (unpaired) electrons. The molecular weight excluding hydrogens is 246 g/mol. The summed E-state index contributed by atoms with van der Waals surface area (Å²) in [6.07, 6.45) is 0. The maximum absolute atomic E-state index is 10.8. The summed E-state index contributed by atoms with van der Waals surface area (Å²) in [6, 6.07) is 1.84. The minimum atomic E-state index is -1.53. The molecule has 0 heterocycles. The van der Waals surface area contributed by atoms with Gasteiger partial charge in [-0.15, -0.1) is 0 Å². The van der Waals surface area contributed by atoms with Crippen LogP contribution in [0.15, 0.2) is 12.1 Å². The number of aromatic carboxylic acids is 1. The van der Waals surface area contributed by atoms with Gasteiger partial charge in [-0.3, -0.25) is 14.9 Å². The van der Waals surface area contributed by atoms with Gasteiger partial charge in [-0.25, -0.2) is 4.79 Å². The number of nitro groups is 1. The van der Waals surface area contributed by atoms with Crippen LogP contribution in [0, 0.1) is 10.1 Å². The highest BCUT2D eigenvalue weighted by Crippen LogP contribution is 2.38. The topological polar surface area (TPSA) is 127 Å². The van der Waals surface area contributed by atoms with Gasteiger partial charge in [0.25, 0.3) is 0 Å². The molecule has 0 amide bonds. The van der Waals surface area contributed by atoms with Crippen LogP contribution < -0.4 is 4.74 Å². The van der Waals surface area contributed by atoms with Crippen molar-refractivity contribution in [2.75, 3.05) is 6.61 Å². The molecule has 0 aliphatic carbocycles. The number of phenolic OH excluding ortho intramolecular Hbond substituents is 1. The Morgan fingerprint density at radius 1 is 1.44 bits per heavy atom. The number of nitrogens with zero attached hydrogens (tertiary/aromatic N) is 1. The first-order valence-corrected chi connectivity index (χ1v) is 4.70. The summed E-state index contributed by atoms with van der Waals surface area (Å²) in [5.41, 5.74) is -1.51. The van der Waals surface area contributed by atoms with Gasteiger partial charge in [-0.05, 0) is 19.1 Å². The van der Waals surface area contributed by atoms with Gasteiger partial charge in [0.2, 0.25) is 5.75 Å². The Bertz CT molecular complexity index is 523. The highest BCUT2D eigenvalue weighted by Gasteiger charge is 2.28. The molecule has 0 saturated carbocycles. The lowest BCUT2D eigenvalue weighted by molar-refractivity contribution is -0.386. The fraction of sp³-hybridized carbons (Fsp3) is 0.200. The minimum absolute atomic E-state index is 0.426. The van der Waals surface area contributed by atoms with Gasteiger partial charge in [-0.1, -0.05) is 0 Å². The number of hydrogen-bond acceptors (Lipinski definition) is 6. The van der Waals surface area contributed by atoms with Crippen LogP contribution in [0.2, 0.25) is 0 Å². The van der Waals surface area contributed by atoms with Gasteiger partial charge >= 0.3 is 11.7 Å². The number of aromatic hydroxyl groups is 1. The third-order valence-corrected chi connectivity index (χ3v) is 1.94. The first kappa shape index (κ1) is 13.4. The number of phenols is 1. The quantitative estimate of drug-likeness (QED) is 0.592. The maximum Gasteiger partial charge on any atom is 0.342 e. The third kappa shape index (κ3) is 2.73. The van der Waals surface area contributed by atoms with Crippen LogP contribution in [0.4, 0.5) is 5.69 Å². The van der Waals surface area contributed by atoms with E-state index >= 15 is 0 Å². The van der Waals surface area contributed by atoms with E-state index in [9.17, 15) is 24.8 Å². The average Bonchev–Trinajstić information content (AvgIpc) is 2.25. The molecule has 8 nitrogen and oxygen atoms in total. The number of Topliss-reactive ketones (excluding diaryl/α,β-unsaturated/α-hetero) is 1. The molecule has 96 valence electrons. The minimum Gasteiger partial charge on any atom is -0.504 e. The van der Waals surface area contributed by atoms with Crippen molar-refractivity contribution in [2.45, 2.75) is 6.92 Å². The van der Waals surface area contributed by atoms with Crippen molar-refractivity contribution in [2.24, 2.45) is 0 Å². The SMILES string of the molecule is CC(=O)COc1c(O)ccc(C(=O)O)c1[N+](=O)[O-].